The van der Waals surface area contributed by atoms with Crippen LogP contribution >= 0.6 is 0 Å². The smallest absolute Gasteiger partial charge is 0.166 e. The molecule has 2 aromatic rings. The number of hydrogen-bond acceptors (Lipinski definition) is 0. The molecule has 0 saturated heterocycles. The molecule has 162 valence electrons. The van der Waals surface area contributed by atoms with Gasteiger partial charge in [-0.15, -0.1) is 0 Å². The van der Waals surface area contributed by atoms with Crippen LogP contribution in [0.2, 0.25) is 0 Å². The van der Waals surface area contributed by atoms with Gasteiger partial charge in [0.15, 0.2) is 11.6 Å². The average molecular weight is 411 g/mol. The highest BCUT2D eigenvalue weighted by molar-refractivity contribution is 5.85. The van der Waals surface area contributed by atoms with Crippen molar-refractivity contribution in [3.05, 3.63) is 59.2 Å². The second-order valence-corrected chi connectivity index (χ2v) is 9.71. The van der Waals surface area contributed by atoms with Crippen molar-refractivity contribution in [2.75, 3.05) is 0 Å². The van der Waals surface area contributed by atoms with Crippen molar-refractivity contribution in [1.82, 2.24) is 0 Å². The molecule has 2 fully saturated rings. The molecule has 0 aliphatic heterocycles. The van der Waals surface area contributed by atoms with E-state index in [0.717, 1.165) is 67.2 Å². The molecule has 2 aromatic carbocycles. The molecular weight excluding hydrogens is 374 g/mol. The molecule has 0 unspecified atom stereocenters. The van der Waals surface area contributed by atoms with Gasteiger partial charge in [0.1, 0.15) is 0 Å². The highest BCUT2D eigenvalue weighted by Gasteiger charge is 2.32. The molecule has 2 saturated carbocycles. The van der Waals surface area contributed by atoms with E-state index in [2.05, 4.69) is 32.1 Å². The van der Waals surface area contributed by atoms with Crippen LogP contribution < -0.4 is 0 Å². The van der Waals surface area contributed by atoms with Gasteiger partial charge in [-0.25, -0.2) is 8.78 Å². The Morgan fingerprint density at radius 3 is 2.17 bits per heavy atom. The van der Waals surface area contributed by atoms with E-state index in [0.29, 0.717) is 10.9 Å². The lowest BCUT2D eigenvalue weighted by atomic mass is 9.68. The lowest BCUT2D eigenvalue weighted by molar-refractivity contribution is 0.170. The standard InChI is InChI=1S/C28H36F2/c1-3-5-19-7-10-21(11-8-19)22-13-15-23(16-14-22)26-18-24-12-9-20(6-4-2)17-25(24)27(29)28(26)30/h3,5,9,12,17-19,21-23H,4,6-8,10-11,13-16H2,1-2H3/b5-3+. The fraction of sp³-hybridized carbons (Fsp3) is 0.571. The maximum atomic E-state index is 15.0. The van der Waals surface area contributed by atoms with Gasteiger partial charge in [0.25, 0.3) is 0 Å². The Morgan fingerprint density at radius 1 is 0.867 bits per heavy atom. The maximum Gasteiger partial charge on any atom is 0.166 e. The third kappa shape index (κ3) is 4.48. The molecule has 0 bridgehead atoms. The van der Waals surface area contributed by atoms with Crippen molar-refractivity contribution in [2.24, 2.45) is 17.8 Å². The van der Waals surface area contributed by atoms with Crippen LogP contribution in [-0.4, -0.2) is 0 Å². The van der Waals surface area contributed by atoms with Crippen LogP contribution in [-0.2, 0) is 6.42 Å². The Bertz CT molecular complexity index is 881. The average Bonchev–Trinajstić information content (AvgIpc) is 2.78. The third-order valence-electron chi connectivity index (χ3n) is 7.81. The van der Waals surface area contributed by atoms with E-state index in [4.69, 9.17) is 0 Å². The van der Waals surface area contributed by atoms with Crippen LogP contribution in [0.5, 0.6) is 0 Å². The zero-order chi connectivity index (χ0) is 21.1. The van der Waals surface area contributed by atoms with E-state index in [1.807, 2.05) is 18.2 Å². The summed E-state index contributed by atoms with van der Waals surface area (Å²) < 4.78 is 29.9. The van der Waals surface area contributed by atoms with E-state index in [-0.39, 0.29) is 5.92 Å². The van der Waals surface area contributed by atoms with Crippen LogP contribution in [0, 0.1) is 29.4 Å². The second kappa shape index (κ2) is 9.62. The SMILES string of the molecule is C/C=C/C1CCC(C2CCC(c3cc4ccc(CCC)cc4c(F)c3F)CC2)CC1. The summed E-state index contributed by atoms with van der Waals surface area (Å²) in [6, 6.07) is 7.80. The van der Waals surface area contributed by atoms with Crippen molar-refractivity contribution in [3.63, 3.8) is 0 Å². The molecule has 0 spiro atoms. The van der Waals surface area contributed by atoms with Gasteiger partial charge in [-0.3, -0.25) is 0 Å². The van der Waals surface area contributed by atoms with Gasteiger partial charge in [0.2, 0.25) is 0 Å². The summed E-state index contributed by atoms with van der Waals surface area (Å²) in [6.07, 6.45) is 16.1. The summed E-state index contributed by atoms with van der Waals surface area (Å²) in [6.45, 7) is 4.22. The molecule has 0 nitrogen and oxygen atoms in total. The zero-order valence-corrected chi connectivity index (χ0v) is 18.6. The monoisotopic (exact) mass is 410 g/mol. The molecule has 0 aromatic heterocycles. The molecule has 2 aliphatic rings. The number of aryl methyl sites for hydroxylation is 1. The van der Waals surface area contributed by atoms with Crippen molar-refractivity contribution in [3.8, 4) is 0 Å². The lowest BCUT2D eigenvalue weighted by Gasteiger charge is -2.37. The lowest BCUT2D eigenvalue weighted by Crippen LogP contribution is -2.25. The zero-order valence-electron chi connectivity index (χ0n) is 18.6. The van der Waals surface area contributed by atoms with E-state index >= 15 is 4.39 Å². The molecule has 2 aliphatic carbocycles. The molecule has 4 rings (SSSR count). The van der Waals surface area contributed by atoms with Gasteiger partial charge in [-0.2, -0.15) is 0 Å². The van der Waals surface area contributed by atoms with Crippen molar-refractivity contribution in [2.45, 2.75) is 84.0 Å². The Kier molecular flexibility index (Phi) is 6.91. The van der Waals surface area contributed by atoms with Crippen LogP contribution in [0.25, 0.3) is 10.8 Å². The molecule has 0 amide bonds. The Hall–Kier alpha value is -1.70. The van der Waals surface area contributed by atoms with E-state index in [1.54, 1.807) is 0 Å². The van der Waals surface area contributed by atoms with Gasteiger partial charge in [0, 0.05) is 5.39 Å². The first kappa shape index (κ1) is 21.5. The topological polar surface area (TPSA) is 0 Å². The van der Waals surface area contributed by atoms with Crippen LogP contribution in [0.15, 0.2) is 36.4 Å². The molecule has 0 radical (unpaired) electrons. The Morgan fingerprint density at radius 2 is 1.53 bits per heavy atom. The highest BCUT2D eigenvalue weighted by Crippen LogP contribution is 2.45. The van der Waals surface area contributed by atoms with Gasteiger partial charge in [0.05, 0.1) is 0 Å². The number of hydrogen-bond donors (Lipinski definition) is 0. The van der Waals surface area contributed by atoms with Crippen LogP contribution in [0.1, 0.15) is 88.7 Å². The van der Waals surface area contributed by atoms with E-state index < -0.39 is 11.6 Å². The molecule has 0 N–H and O–H groups in total. The molecule has 2 heteroatoms. The summed E-state index contributed by atoms with van der Waals surface area (Å²) >= 11 is 0. The third-order valence-corrected chi connectivity index (χ3v) is 7.81. The van der Waals surface area contributed by atoms with Gasteiger partial charge in [-0.05, 0) is 117 Å². The fourth-order valence-electron chi connectivity index (χ4n) is 6.12. The van der Waals surface area contributed by atoms with Crippen LogP contribution in [0.3, 0.4) is 0 Å². The van der Waals surface area contributed by atoms with E-state index in [9.17, 15) is 4.39 Å². The van der Waals surface area contributed by atoms with Crippen LogP contribution in [0.4, 0.5) is 8.78 Å². The minimum absolute atomic E-state index is 0.162. The minimum atomic E-state index is -0.648. The number of benzene rings is 2. The molecular formula is C28H36F2. The fourth-order valence-corrected chi connectivity index (χ4v) is 6.12. The first-order chi connectivity index (χ1) is 14.6. The normalized spacial score (nSPS) is 27.7. The highest BCUT2D eigenvalue weighted by atomic mass is 19.2. The van der Waals surface area contributed by atoms with Gasteiger partial charge >= 0.3 is 0 Å². The van der Waals surface area contributed by atoms with Gasteiger partial charge in [-0.1, -0.05) is 37.6 Å². The first-order valence-electron chi connectivity index (χ1n) is 12.1. The summed E-state index contributed by atoms with van der Waals surface area (Å²) in [7, 11) is 0. The maximum absolute atomic E-state index is 15.0. The quantitative estimate of drug-likeness (QED) is 0.432. The second-order valence-electron chi connectivity index (χ2n) is 9.71. The number of allylic oxidation sites excluding steroid dienone is 2. The number of fused-ring (bicyclic) bond motifs is 1. The number of halogens is 2. The summed E-state index contributed by atoms with van der Waals surface area (Å²) in [5.41, 5.74) is 1.69. The van der Waals surface area contributed by atoms with Crippen molar-refractivity contribution >= 4 is 10.8 Å². The minimum Gasteiger partial charge on any atom is -0.203 e. The summed E-state index contributed by atoms with van der Waals surface area (Å²) in [5.74, 6) is 1.29. The summed E-state index contributed by atoms with van der Waals surface area (Å²) in [5, 5.41) is 1.28. The largest absolute Gasteiger partial charge is 0.203 e. The van der Waals surface area contributed by atoms with Crippen molar-refractivity contribution in [1.29, 1.82) is 0 Å². The Labute approximate surface area is 180 Å². The molecule has 0 atom stereocenters. The first-order valence-corrected chi connectivity index (χ1v) is 12.1. The molecule has 0 heterocycles. The van der Waals surface area contributed by atoms with Gasteiger partial charge < -0.3 is 0 Å². The van der Waals surface area contributed by atoms with E-state index in [1.165, 1.54) is 25.7 Å². The Balaban J connectivity index is 1.44. The van der Waals surface area contributed by atoms with Crippen molar-refractivity contribution < 1.29 is 8.78 Å². The number of rotatable bonds is 5. The summed E-state index contributed by atoms with van der Waals surface area (Å²) in [4.78, 5) is 0. The predicted octanol–water partition coefficient (Wildman–Crippen LogP) is 8.73. The molecule has 30 heavy (non-hydrogen) atoms. The predicted molar refractivity (Wildman–Crippen MR) is 123 cm³/mol.